The zero-order chi connectivity index (χ0) is 41.0. The van der Waals surface area contributed by atoms with Crippen LogP contribution in [0.25, 0.3) is 0 Å². The molecule has 0 aromatic rings. The summed E-state index contributed by atoms with van der Waals surface area (Å²) in [5.41, 5.74) is 0. The van der Waals surface area contributed by atoms with Gasteiger partial charge in [0.15, 0.2) is 0 Å². The molecule has 0 aromatic carbocycles. The zero-order valence-corrected chi connectivity index (χ0v) is 37.0. The van der Waals surface area contributed by atoms with Crippen LogP contribution in [-0.2, 0) is 14.3 Å². The van der Waals surface area contributed by atoms with E-state index in [0.717, 1.165) is 57.8 Å². The second-order valence-electron chi connectivity index (χ2n) is 16.2. The first kappa shape index (κ1) is 53.8. The minimum Gasteiger partial charge on any atom is -0.462 e. The summed E-state index contributed by atoms with van der Waals surface area (Å²) in [6, 6.07) is -0.718. The Morgan fingerprint density at radius 2 is 0.964 bits per heavy atom. The van der Waals surface area contributed by atoms with Gasteiger partial charge >= 0.3 is 5.97 Å². The SMILES string of the molecule is CC/C=C/C=C/C=C\C=C/CCCC(CC(=O)NC(CO)C(O)CCCCCCCCCCC)OC(=O)CCCCCCCCCCCCCCCCCCC. The maximum Gasteiger partial charge on any atom is 0.306 e. The molecule has 6 heteroatoms. The number of carbonyl (C=O) groups excluding carboxylic acids is 2. The smallest absolute Gasteiger partial charge is 0.306 e. The van der Waals surface area contributed by atoms with Crippen molar-refractivity contribution in [2.24, 2.45) is 0 Å². The number of unbranched alkanes of at least 4 members (excludes halogenated alkanes) is 25. The highest BCUT2D eigenvalue weighted by Crippen LogP contribution is 2.17. The summed E-state index contributed by atoms with van der Waals surface area (Å²) >= 11 is 0. The highest BCUT2D eigenvalue weighted by Gasteiger charge is 2.24. The molecule has 0 aromatic heterocycles. The van der Waals surface area contributed by atoms with E-state index in [1.807, 2.05) is 36.5 Å². The monoisotopic (exact) mass is 786 g/mol. The first-order valence-corrected chi connectivity index (χ1v) is 23.9. The summed E-state index contributed by atoms with van der Waals surface area (Å²) in [4.78, 5) is 26.0. The lowest BCUT2D eigenvalue weighted by molar-refractivity contribution is -0.151. The van der Waals surface area contributed by atoms with Crippen molar-refractivity contribution >= 4 is 11.9 Å². The first-order valence-electron chi connectivity index (χ1n) is 23.9. The summed E-state index contributed by atoms with van der Waals surface area (Å²) in [6.45, 7) is 6.30. The summed E-state index contributed by atoms with van der Waals surface area (Å²) in [5, 5.41) is 23.6. The number of carbonyl (C=O) groups is 2. The standard InChI is InChI=1S/C50H91NO5/c1-4-7-10-13-16-19-21-22-23-24-25-26-28-31-34-37-40-43-50(55)56-46(41-38-35-32-30-27-20-17-14-11-8-5-2)44-49(54)51-47(45-52)48(53)42-39-36-33-29-18-15-12-9-6-3/h8,11,14,17,20,27,30,32,46-48,52-53H,4-7,9-10,12-13,15-16,18-19,21-26,28-29,31,33-45H2,1-3H3,(H,51,54)/b11-8+,17-14+,27-20-,32-30-. The Balaban J connectivity index is 4.57. The van der Waals surface area contributed by atoms with E-state index in [1.54, 1.807) is 0 Å². The van der Waals surface area contributed by atoms with E-state index in [2.05, 4.69) is 38.2 Å². The Morgan fingerprint density at radius 3 is 1.43 bits per heavy atom. The van der Waals surface area contributed by atoms with Crippen LogP contribution in [-0.4, -0.2) is 46.9 Å². The number of aliphatic hydroxyl groups is 2. The average Bonchev–Trinajstić information content (AvgIpc) is 3.19. The van der Waals surface area contributed by atoms with Gasteiger partial charge in [0.1, 0.15) is 6.10 Å². The van der Waals surface area contributed by atoms with Crippen LogP contribution < -0.4 is 5.32 Å². The Morgan fingerprint density at radius 1 is 0.536 bits per heavy atom. The van der Waals surface area contributed by atoms with Crippen LogP contribution in [0.3, 0.4) is 0 Å². The van der Waals surface area contributed by atoms with E-state index < -0.39 is 18.2 Å². The molecule has 0 spiro atoms. The molecular weight excluding hydrogens is 695 g/mol. The Hall–Kier alpha value is -2.18. The van der Waals surface area contributed by atoms with E-state index in [-0.39, 0.29) is 24.9 Å². The largest absolute Gasteiger partial charge is 0.462 e. The number of amides is 1. The second-order valence-corrected chi connectivity index (χ2v) is 16.2. The molecule has 3 atom stereocenters. The molecule has 1 amide bonds. The van der Waals surface area contributed by atoms with Gasteiger partial charge in [0.05, 0.1) is 25.2 Å². The van der Waals surface area contributed by atoms with Gasteiger partial charge in [0.25, 0.3) is 0 Å². The van der Waals surface area contributed by atoms with Crippen molar-refractivity contribution in [3.63, 3.8) is 0 Å². The van der Waals surface area contributed by atoms with Crippen molar-refractivity contribution in [2.75, 3.05) is 6.61 Å². The summed E-state index contributed by atoms with van der Waals surface area (Å²) in [6.07, 6.45) is 51.9. The lowest BCUT2D eigenvalue weighted by Crippen LogP contribution is -2.46. The lowest BCUT2D eigenvalue weighted by atomic mass is 10.0. The van der Waals surface area contributed by atoms with Crippen molar-refractivity contribution in [1.82, 2.24) is 5.32 Å². The highest BCUT2D eigenvalue weighted by molar-refractivity contribution is 5.77. The number of nitrogens with one attached hydrogen (secondary N) is 1. The van der Waals surface area contributed by atoms with Crippen LogP contribution in [0.1, 0.15) is 233 Å². The van der Waals surface area contributed by atoms with E-state index >= 15 is 0 Å². The van der Waals surface area contributed by atoms with Crippen molar-refractivity contribution in [2.45, 2.75) is 251 Å². The van der Waals surface area contributed by atoms with Gasteiger partial charge in [0.2, 0.25) is 5.91 Å². The van der Waals surface area contributed by atoms with E-state index in [1.165, 1.54) is 128 Å². The Bertz CT molecular complexity index is 972. The number of rotatable bonds is 42. The molecule has 0 rings (SSSR count). The second kappa shape index (κ2) is 43.9. The molecule has 0 fully saturated rings. The molecule has 6 nitrogen and oxygen atoms in total. The van der Waals surface area contributed by atoms with Gasteiger partial charge < -0.3 is 20.3 Å². The molecule has 0 heterocycles. The fourth-order valence-corrected chi connectivity index (χ4v) is 7.15. The third kappa shape index (κ3) is 38.7. The van der Waals surface area contributed by atoms with E-state index in [0.29, 0.717) is 19.3 Å². The molecule has 0 bridgehead atoms. The highest BCUT2D eigenvalue weighted by atomic mass is 16.5. The number of hydrogen-bond donors (Lipinski definition) is 3. The molecule has 0 aliphatic heterocycles. The fourth-order valence-electron chi connectivity index (χ4n) is 7.15. The molecule has 0 saturated carbocycles. The van der Waals surface area contributed by atoms with Crippen LogP contribution >= 0.6 is 0 Å². The lowest BCUT2D eigenvalue weighted by Gasteiger charge is -2.24. The third-order valence-corrected chi connectivity index (χ3v) is 10.8. The van der Waals surface area contributed by atoms with Gasteiger partial charge in [0, 0.05) is 6.42 Å². The Labute approximate surface area is 346 Å². The van der Waals surface area contributed by atoms with Crippen molar-refractivity contribution in [1.29, 1.82) is 0 Å². The van der Waals surface area contributed by atoms with Gasteiger partial charge in [-0.3, -0.25) is 9.59 Å². The van der Waals surface area contributed by atoms with Crippen molar-refractivity contribution in [3.05, 3.63) is 48.6 Å². The quantitative estimate of drug-likeness (QED) is 0.0325. The van der Waals surface area contributed by atoms with Crippen LogP contribution in [0.5, 0.6) is 0 Å². The van der Waals surface area contributed by atoms with Gasteiger partial charge in [-0.05, 0) is 38.5 Å². The number of aliphatic hydroxyl groups excluding tert-OH is 2. The summed E-state index contributed by atoms with van der Waals surface area (Å²) in [5.74, 6) is -0.538. The molecule has 0 aliphatic carbocycles. The van der Waals surface area contributed by atoms with Crippen molar-refractivity contribution < 1.29 is 24.5 Å². The molecule has 56 heavy (non-hydrogen) atoms. The van der Waals surface area contributed by atoms with Gasteiger partial charge in [-0.15, -0.1) is 0 Å². The predicted octanol–water partition coefficient (Wildman–Crippen LogP) is 13.9. The molecule has 3 unspecified atom stereocenters. The Kier molecular flexibility index (Phi) is 42.2. The molecule has 326 valence electrons. The number of ether oxygens (including phenoxy) is 1. The number of hydrogen-bond acceptors (Lipinski definition) is 5. The van der Waals surface area contributed by atoms with Crippen LogP contribution in [0, 0.1) is 0 Å². The number of esters is 1. The molecule has 0 aliphatic rings. The van der Waals surface area contributed by atoms with Gasteiger partial charge in [-0.25, -0.2) is 0 Å². The minimum absolute atomic E-state index is 0.0335. The number of allylic oxidation sites excluding steroid dienone is 8. The van der Waals surface area contributed by atoms with Gasteiger partial charge in [-0.1, -0.05) is 230 Å². The van der Waals surface area contributed by atoms with E-state index in [4.69, 9.17) is 4.74 Å². The van der Waals surface area contributed by atoms with Crippen LogP contribution in [0.2, 0.25) is 0 Å². The molecule has 0 radical (unpaired) electrons. The molecule has 0 saturated heterocycles. The average molecular weight is 786 g/mol. The zero-order valence-electron chi connectivity index (χ0n) is 37.0. The van der Waals surface area contributed by atoms with Gasteiger partial charge in [-0.2, -0.15) is 0 Å². The van der Waals surface area contributed by atoms with Crippen molar-refractivity contribution in [3.8, 4) is 0 Å². The molecular formula is C50H91NO5. The normalized spacial score (nSPS) is 13.7. The molecule has 3 N–H and O–H groups in total. The summed E-state index contributed by atoms with van der Waals surface area (Å²) in [7, 11) is 0. The maximum absolute atomic E-state index is 13.1. The third-order valence-electron chi connectivity index (χ3n) is 10.8. The van der Waals surface area contributed by atoms with Crippen LogP contribution in [0.4, 0.5) is 0 Å². The fraction of sp³-hybridized carbons (Fsp3) is 0.800. The summed E-state index contributed by atoms with van der Waals surface area (Å²) < 4.78 is 5.87. The predicted molar refractivity (Wildman–Crippen MR) is 241 cm³/mol. The first-order chi connectivity index (χ1) is 27.5. The van der Waals surface area contributed by atoms with E-state index in [9.17, 15) is 19.8 Å². The minimum atomic E-state index is -0.801. The topological polar surface area (TPSA) is 95.9 Å². The van der Waals surface area contributed by atoms with Crippen LogP contribution in [0.15, 0.2) is 48.6 Å². The maximum atomic E-state index is 13.1.